The van der Waals surface area contributed by atoms with E-state index in [0.29, 0.717) is 17.5 Å². The molecule has 2 unspecified atom stereocenters. The van der Waals surface area contributed by atoms with Gasteiger partial charge in [0.05, 0.1) is 5.75 Å². The molecule has 2 atom stereocenters. The van der Waals surface area contributed by atoms with Gasteiger partial charge in [0, 0.05) is 5.57 Å². The Morgan fingerprint density at radius 1 is 0.882 bits per heavy atom. The molecule has 4 rings (SSSR count). The first kappa shape index (κ1) is 24.0. The molecule has 176 valence electrons. The van der Waals surface area contributed by atoms with Crippen molar-refractivity contribution in [1.29, 1.82) is 0 Å². The summed E-state index contributed by atoms with van der Waals surface area (Å²) in [6.07, 6.45) is -4.17. The molecule has 0 aromatic heterocycles. The van der Waals surface area contributed by atoms with Crippen LogP contribution in [-0.2, 0) is 28.8 Å². The average Bonchev–Trinajstić information content (AvgIpc) is 3.20. The molecule has 0 fully saturated rings. The number of allylic oxidation sites excluding steroid dienone is 1. The second kappa shape index (κ2) is 9.60. The molecule has 1 heterocycles. The number of halogens is 4. The van der Waals surface area contributed by atoms with Crippen molar-refractivity contribution in [3.05, 3.63) is 113 Å². The molecule has 34 heavy (non-hydrogen) atoms. The third-order valence-electron chi connectivity index (χ3n) is 5.71. The van der Waals surface area contributed by atoms with E-state index in [4.69, 9.17) is 4.55 Å². The van der Waals surface area contributed by atoms with Crippen LogP contribution in [-0.4, -0.2) is 14.9 Å². The van der Waals surface area contributed by atoms with E-state index in [-0.39, 0.29) is 23.3 Å². The molecular weight excluding hydrogens is 468 g/mol. The average molecular weight is 489 g/mol. The highest BCUT2D eigenvalue weighted by Gasteiger charge is 2.50. The van der Waals surface area contributed by atoms with Crippen molar-refractivity contribution in [1.82, 2.24) is 0 Å². The Morgan fingerprint density at radius 2 is 1.53 bits per heavy atom. The van der Waals surface area contributed by atoms with Crippen molar-refractivity contribution in [2.75, 3.05) is 0 Å². The Labute approximate surface area is 196 Å². The SMILES string of the molecule is O=S(O)Cc1ccc(C2(CCc3ccccc3)N=NC(C(F)(F)F)=C2c2ccc(F)cc2)cc1. The van der Waals surface area contributed by atoms with Gasteiger partial charge in [0.25, 0.3) is 0 Å². The molecule has 1 aliphatic heterocycles. The van der Waals surface area contributed by atoms with Crippen molar-refractivity contribution in [2.24, 2.45) is 10.2 Å². The molecule has 3 aromatic carbocycles. The molecule has 4 nitrogen and oxygen atoms in total. The van der Waals surface area contributed by atoms with Crippen LogP contribution in [0.4, 0.5) is 17.6 Å². The molecule has 0 aliphatic carbocycles. The highest BCUT2D eigenvalue weighted by Crippen LogP contribution is 2.53. The molecule has 9 heteroatoms. The zero-order valence-corrected chi connectivity index (χ0v) is 18.6. The normalized spacial score (nSPS) is 19.0. The molecule has 3 aromatic rings. The minimum Gasteiger partial charge on any atom is -0.306 e. The lowest BCUT2D eigenvalue weighted by Gasteiger charge is -2.30. The second-order valence-electron chi connectivity index (χ2n) is 7.94. The van der Waals surface area contributed by atoms with Gasteiger partial charge in [-0.3, -0.25) is 0 Å². The summed E-state index contributed by atoms with van der Waals surface area (Å²) in [5.41, 5.74) is -0.632. The van der Waals surface area contributed by atoms with Crippen molar-refractivity contribution in [3.63, 3.8) is 0 Å². The maximum Gasteiger partial charge on any atom is 0.435 e. The smallest absolute Gasteiger partial charge is 0.306 e. The van der Waals surface area contributed by atoms with Crippen LogP contribution >= 0.6 is 0 Å². The molecule has 0 saturated carbocycles. The molecule has 0 saturated heterocycles. The van der Waals surface area contributed by atoms with Crippen molar-refractivity contribution >= 4 is 16.7 Å². The Bertz CT molecular complexity index is 1240. The second-order valence-corrected chi connectivity index (χ2v) is 8.87. The Kier molecular flexibility index (Phi) is 6.77. The molecule has 0 radical (unpaired) electrons. The molecule has 0 amide bonds. The van der Waals surface area contributed by atoms with Crippen LogP contribution in [0.15, 0.2) is 94.8 Å². The number of hydrogen-bond acceptors (Lipinski definition) is 3. The number of rotatable bonds is 7. The lowest BCUT2D eigenvalue weighted by molar-refractivity contribution is -0.0919. The lowest BCUT2D eigenvalue weighted by Crippen LogP contribution is -2.26. The van der Waals surface area contributed by atoms with Gasteiger partial charge in [0.1, 0.15) is 11.4 Å². The van der Waals surface area contributed by atoms with Crippen LogP contribution < -0.4 is 0 Å². The van der Waals surface area contributed by atoms with Crippen molar-refractivity contribution in [2.45, 2.75) is 30.3 Å². The van der Waals surface area contributed by atoms with Crippen LogP contribution in [0.2, 0.25) is 0 Å². The third kappa shape index (κ3) is 5.00. The van der Waals surface area contributed by atoms with Gasteiger partial charge in [-0.05, 0) is 47.2 Å². The van der Waals surface area contributed by atoms with E-state index < -0.39 is 34.3 Å². The van der Waals surface area contributed by atoms with Gasteiger partial charge in [-0.2, -0.15) is 18.3 Å². The van der Waals surface area contributed by atoms with Gasteiger partial charge in [0.15, 0.2) is 16.8 Å². The summed E-state index contributed by atoms with van der Waals surface area (Å²) in [5.74, 6) is -0.672. The molecule has 0 bridgehead atoms. The predicted octanol–water partition coefficient (Wildman–Crippen LogP) is 6.81. The van der Waals surface area contributed by atoms with Crippen LogP contribution in [0.25, 0.3) is 5.57 Å². The van der Waals surface area contributed by atoms with Gasteiger partial charge in [-0.15, -0.1) is 5.11 Å². The van der Waals surface area contributed by atoms with Gasteiger partial charge >= 0.3 is 6.18 Å². The summed E-state index contributed by atoms with van der Waals surface area (Å²) in [4.78, 5) is 0. The number of nitrogens with zero attached hydrogens (tertiary/aromatic N) is 2. The predicted molar refractivity (Wildman–Crippen MR) is 122 cm³/mol. The summed E-state index contributed by atoms with van der Waals surface area (Å²) in [6, 6.07) is 20.5. The van der Waals surface area contributed by atoms with Gasteiger partial charge in [0.2, 0.25) is 0 Å². The fourth-order valence-corrected chi connectivity index (χ4v) is 4.61. The third-order valence-corrected chi connectivity index (χ3v) is 6.29. The number of aryl methyl sites for hydroxylation is 1. The summed E-state index contributed by atoms with van der Waals surface area (Å²) in [6.45, 7) is 0. The maximum absolute atomic E-state index is 14.1. The first-order valence-electron chi connectivity index (χ1n) is 10.4. The summed E-state index contributed by atoms with van der Waals surface area (Å²) in [5, 5.41) is 7.80. The topological polar surface area (TPSA) is 62.0 Å². The monoisotopic (exact) mass is 488 g/mol. The fraction of sp³-hybridized carbons (Fsp3) is 0.200. The van der Waals surface area contributed by atoms with Crippen molar-refractivity contribution < 1.29 is 26.3 Å². The van der Waals surface area contributed by atoms with Crippen LogP contribution in [0.3, 0.4) is 0 Å². The minimum absolute atomic E-state index is 0.104. The summed E-state index contributed by atoms with van der Waals surface area (Å²) in [7, 11) is 0. The number of alkyl halides is 3. The maximum atomic E-state index is 14.1. The van der Waals surface area contributed by atoms with Gasteiger partial charge in [-0.25, -0.2) is 8.60 Å². The standard InChI is InChI=1S/C25H20F4N2O2S/c26-21-12-8-19(9-13-21)22-23(25(27,28)29)30-31-24(22,15-14-17-4-2-1-3-5-17)20-10-6-18(7-11-20)16-34(32)33/h1-13H,14-16H2,(H,32,33). The fourth-order valence-electron chi connectivity index (χ4n) is 4.13. The number of azo groups is 1. The largest absolute Gasteiger partial charge is 0.435 e. The summed E-state index contributed by atoms with van der Waals surface area (Å²) < 4.78 is 76.1. The van der Waals surface area contributed by atoms with E-state index >= 15 is 0 Å². The van der Waals surface area contributed by atoms with E-state index in [1.165, 1.54) is 12.1 Å². The first-order chi connectivity index (χ1) is 16.2. The highest BCUT2D eigenvalue weighted by molar-refractivity contribution is 7.78. The highest BCUT2D eigenvalue weighted by atomic mass is 32.2. The zero-order chi connectivity index (χ0) is 24.3. The number of hydrogen-bond donors (Lipinski definition) is 1. The van der Waals surface area contributed by atoms with E-state index in [1.54, 1.807) is 24.3 Å². The zero-order valence-electron chi connectivity index (χ0n) is 17.8. The van der Waals surface area contributed by atoms with Crippen LogP contribution in [0, 0.1) is 5.82 Å². The lowest BCUT2D eigenvalue weighted by atomic mass is 9.75. The number of benzene rings is 3. The van der Waals surface area contributed by atoms with E-state index in [1.807, 2.05) is 30.3 Å². The van der Waals surface area contributed by atoms with Crippen LogP contribution in [0.1, 0.15) is 28.7 Å². The quantitative estimate of drug-likeness (QED) is 0.293. The first-order valence-corrected chi connectivity index (χ1v) is 11.7. The minimum atomic E-state index is -4.77. The van der Waals surface area contributed by atoms with Crippen LogP contribution in [0.5, 0.6) is 0 Å². The van der Waals surface area contributed by atoms with Gasteiger partial charge in [-0.1, -0.05) is 66.7 Å². The Balaban J connectivity index is 1.88. The summed E-state index contributed by atoms with van der Waals surface area (Å²) >= 11 is -2.06. The molecule has 1 N–H and O–H groups in total. The Morgan fingerprint density at radius 3 is 2.12 bits per heavy atom. The van der Waals surface area contributed by atoms with E-state index in [9.17, 15) is 21.8 Å². The van der Waals surface area contributed by atoms with E-state index in [2.05, 4.69) is 10.2 Å². The molecular formula is C25H20F4N2O2S. The molecule has 0 spiro atoms. The van der Waals surface area contributed by atoms with Crippen molar-refractivity contribution in [3.8, 4) is 0 Å². The van der Waals surface area contributed by atoms with Gasteiger partial charge < -0.3 is 4.55 Å². The Hall–Kier alpha value is -3.17. The van der Waals surface area contributed by atoms with E-state index in [0.717, 1.165) is 17.7 Å². The molecule has 1 aliphatic rings.